The van der Waals surface area contributed by atoms with E-state index in [1.165, 1.54) is 19.3 Å². The summed E-state index contributed by atoms with van der Waals surface area (Å²) in [5.74, 6) is 0.524. The number of ketones is 1. The van der Waals surface area contributed by atoms with Crippen molar-refractivity contribution < 1.29 is 4.79 Å². The molecule has 5 nitrogen and oxygen atoms in total. The van der Waals surface area contributed by atoms with Crippen molar-refractivity contribution in [2.24, 2.45) is 5.92 Å². The molecule has 0 radical (unpaired) electrons. The Balaban J connectivity index is 2.07. The van der Waals surface area contributed by atoms with Gasteiger partial charge in [0.2, 0.25) is 0 Å². The van der Waals surface area contributed by atoms with Gasteiger partial charge in [-0.05, 0) is 45.2 Å². The van der Waals surface area contributed by atoms with E-state index >= 15 is 0 Å². The van der Waals surface area contributed by atoms with Gasteiger partial charge in [-0.2, -0.15) is 0 Å². The van der Waals surface area contributed by atoms with E-state index in [1.54, 1.807) is 0 Å². The Morgan fingerprint density at radius 3 is 2.70 bits per heavy atom. The van der Waals surface area contributed by atoms with Crippen molar-refractivity contribution in [2.75, 3.05) is 13.1 Å². The normalized spacial score (nSPS) is 11.3. The van der Waals surface area contributed by atoms with E-state index in [0.717, 1.165) is 51.0 Å². The van der Waals surface area contributed by atoms with Crippen molar-refractivity contribution in [2.45, 2.75) is 78.7 Å². The molecule has 5 heteroatoms. The summed E-state index contributed by atoms with van der Waals surface area (Å²) < 4.78 is 1.96. The molecule has 0 saturated heterocycles. The minimum Gasteiger partial charge on any atom is -0.317 e. The molecule has 0 aliphatic carbocycles. The molecule has 1 rings (SSSR count). The minimum absolute atomic E-state index is 0.161. The fourth-order valence-electron chi connectivity index (χ4n) is 2.51. The summed E-state index contributed by atoms with van der Waals surface area (Å²) in [5.41, 5.74) is 1.05. The molecule has 1 N–H and O–H groups in total. The molecule has 0 unspecified atom stereocenters. The van der Waals surface area contributed by atoms with Crippen molar-refractivity contribution in [3.8, 4) is 0 Å². The maximum atomic E-state index is 11.6. The molecule has 0 fully saturated rings. The Hall–Kier alpha value is -1.23. The first kappa shape index (κ1) is 19.8. The zero-order chi connectivity index (χ0) is 16.9. The number of unbranched alkanes of at least 4 members (excludes halogenated alkanes) is 4. The van der Waals surface area contributed by atoms with Gasteiger partial charge in [0.1, 0.15) is 5.78 Å². The molecule has 0 atom stereocenters. The van der Waals surface area contributed by atoms with Gasteiger partial charge >= 0.3 is 0 Å². The molecule has 1 aromatic heterocycles. The van der Waals surface area contributed by atoms with Crippen molar-refractivity contribution in [3.63, 3.8) is 0 Å². The van der Waals surface area contributed by atoms with Crippen LogP contribution in [0.1, 0.15) is 71.4 Å². The van der Waals surface area contributed by atoms with Crippen molar-refractivity contribution in [1.82, 2.24) is 20.3 Å². The lowest BCUT2D eigenvalue weighted by molar-refractivity contribution is -0.122. The van der Waals surface area contributed by atoms with Crippen LogP contribution in [0.5, 0.6) is 0 Å². The van der Waals surface area contributed by atoms with E-state index in [-0.39, 0.29) is 5.92 Å². The van der Waals surface area contributed by atoms with Crippen molar-refractivity contribution in [1.29, 1.82) is 0 Å². The second-order valence-corrected chi connectivity index (χ2v) is 6.57. The fourth-order valence-corrected chi connectivity index (χ4v) is 2.51. The van der Waals surface area contributed by atoms with Gasteiger partial charge in [0.25, 0.3) is 0 Å². The van der Waals surface area contributed by atoms with Gasteiger partial charge in [-0.15, -0.1) is 5.10 Å². The molecular weight excluding hydrogens is 288 g/mol. The van der Waals surface area contributed by atoms with Gasteiger partial charge in [-0.1, -0.05) is 38.8 Å². The second kappa shape index (κ2) is 12.2. The lowest BCUT2D eigenvalue weighted by Gasteiger charge is -2.03. The van der Waals surface area contributed by atoms with Crippen LogP contribution in [0.15, 0.2) is 6.20 Å². The van der Waals surface area contributed by atoms with Crippen LogP contribution in [0.2, 0.25) is 0 Å². The van der Waals surface area contributed by atoms with E-state index < -0.39 is 0 Å². The average Bonchev–Trinajstić information content (AvgIpc) is 2.98. The predicted octanol–water partition coefficient (Wildman–Crippen LogP) is 3.39. The SMILES string of the molecule is CCNCCCCCCn1cc(CCCCC(=O)C(C)C)nn1. The van der Waals surface area contributed by atoms with E-state index in [0.29, 0.717) is 12.2 Å². The summed E-state index contributed by atoms with van der Waals surface area (Å²) in [6.45, 7) is 9.23. The first-order valence-corrected chi connectivity index (χ1v) is 9.26. The van der Waals surface area contributed by atoms with Crippen molar-refractivity contribution in [3.05, 3.63) is 11.9 Å². The van der Waals surface area contributed by atoms with E-state index in [1.807, 2.05) is 18.5 Å². The molecular formula is C18H34N4O. The molecule has 0 spiro atoms. The molecule has 1 heterocycles. The second-order valence-electron chi connectivity index (χ2n) is 6.57. The lowest BCUT2D eigenvalue weighted by atomic mass is 10.0. The molecule has 23 heavy (non-hydrogen) atoms. The first-order valence-electron chi connectivity index (χ1n) is 9.26. The topological polar surface area (TPSA) is 59.8 Å². The van der Waals surface area contributed by atoms with Crippen LogP contribution in [-0.4, -0.2) is 33.9 Å². The molecule has 0 amide bonds. The highest BCUT2D eigenvalue weighted by atomic mass is 16.1. The first-order chi connectivity index (χ1) is 11.1. The summed E-state index contributed by atoms with van der Waals surface area (Å²) >= 11 is 0. The smallest absolute Gasteiger partial charge is 0.135 e. The Morgan fingerprint density at radius 1 is 1.17 bits per heavy atom. The molecule has 1 aromatic rings. The molecule has 0 bridgehead atoms. The standard InChI is InChI=1S/C18H34N4O/c1-4-19-13-9-5-6-10-14-22-15-17(20-21-22)11-7-8-12-18(23)16(2)3/h15-16,19H,4-14H2,1-3H3. The van der Waals surface area contributed by atoms with E-state index in [9.17, 15) is 4.79 Å². The number of Topliss-reactive ketones (excluding diaryl/α,β-unsaturated/α-hetero) is 1. The largest absolute Gasteiger partial charge is 0.317 e. The number of rotatable bonds is 14. The summed E-state index contributed by atoms with van der Waals surface area (Å²) in [7, 11) is 0. The molecule has 0 saturated carbocycles. The predicted molar refractivity (Wildman–Crippen MR) is 94.4 cm³/mol. The quantitative estimate of drug-likeness (QED) is 0.533. The number of hydrogen-bond donors (Lipinski definition) is 1. The highest BCUT2D eigenvalue weighted by molar-refractivity contribution is 5.80. The highest BCUT2D eigenvalue weighted by Gasteiger charge is 2.07. The van der Waals surface area contributed by atoms with Gasteiger partial charge in [0.05, 0.1) is 5.69 Å². The Morgan fingerprint density at radius 2 is 1.96 bits per heavy atom. The van der Waals surface area contributed by atoms with Gasteiger partial charge in [-0.3, -0.25) is 9.48 Å². The van der Waals surface area contributed by atoms with Crippen LogP contribution in [-0.2, 0) is 17.8 Å². The summed E-state index contributed by atoms with van der Waals surface area (Å²) in [6, 6.07) is 0. The third-order valence-electron chi connectivity index (χ3n) is 4.08. The van der Waals surface area contributed by atoms with Gasteiger partial charge in [-0.25, -0.2) is 0 Å². The Bertz CT molecular complexity index is 428. The van der Waals surface area contributed by atoms with Crippen LogP contribution in [0, 0.1) is 5.92 Å². The van der Waals surface area contributed by atoms with Crippen LogP contribution in [0.25, 0.3) is 0 Å². The highest BCUT2D eigenvalue weighted by Crippen LogP contribution is 2.08. The molecule has 132 valence electrons. The fraction of sp³-hybridized carbons (Fsp3) is 0.833. The van der Waals surface area contributed by atoms with E-state index in [4.69, 9.17) is 0 Å². The van der Waals surface area contributed by atoms with Gasteiger partial charge < -0.3 is 5.32 Å². The maximum absolute atomic E-state index is 11.6. The minimum atomic E-state index is 0.161. The zero-order valence-electron chi connectivity index (χ0n) is 15.2. The summed E-state index contributed by atoms with van der Waals surface area (Å²) in [5, 5.41) is 11.8. The third kappa shape index (κ3) is 9.49. The average molecular weight is 322 g/mol. The van der Waals surface area contributed by atoms with Crippen LogP contribution < -0.4 is 5.32 Å². The molecule has 0 aliphatic rings. The monoisotopic (exact) mass is 322 g/mol. The van der Waals surface area contributed by atoms with Crippen LogP contribution in [0.4, 0.5) is 0 Å². The molecule has 0 aromatic carbocycles. The third-order valence-corrected chi connectivity index (χ3v) is 4.08. The van der Waals surface area contributed by atoms with E-state index in [2.05, 4.69) is 28.7 Å². The number of aromatic nitrogens is 3. The number of nitrogens with zero attached hydrogens (tertiary/aromatic N) is 3. The van der Waals surface area contributed by atoms with Crippen LogP contribution in [0.3, 0.4) is 0 Å². The summed E-state index contributed by atoms with van der Waals surface area (Å²) in [4.78, 5) is 11.6. The number of carbonyl (C=O) groups is 1. The number of hydrogen-bond acceptors (Lipinski definition) is 4. The zero-order valence-corrected chi connectivity index (χ0v) is 15.2. The molecule has 0 aliphatic heterocycles. The maximum Gasteiger partial charge on any atom is 0.135 e. The number of nitrogens with one attached hydrogen (secondary N) is 1. The number of aryl methyl sites for hydroxylation is 2. The summed E-state index contributed by atoms with van der Waals surface area (Å²) in [6.07, 6.45) is 10.6. The Labute approximate surface area is 141 Å². The van der Waals surface area contributed by atoms with Crippen LogP contribution >= 0.6 is 0 Å². The lowest BCUT2D eigenvalue weighted by Crippen LogP contribution is -2.13. The van der Waals surface area contributed by atoms with Gasteiger partial charge in [0, 0.05) is 25.1 Å². The Kier molecular flexibility index (Phi) is 10.5. The van der Waals surface area contributed by atoms with Gasteiger partial charge in [0.15, 0.2) is 0 Å². The number of carbonyl (C=O) groups excluding carboxylic acids is 1. The van der Waals surface area contributed by atoms with Crippen molar-refractivity contribution >= 4 is 5.78 Å².